The van der Waals surface area contributed by atoms with E-state index >= 15 is 0 Å². The van der Waals surface area contributed by atoms with Gasteiger partial charge >= 0.3 is 6.09 Å². The summed E-state index contributed by atoms with van der Waals surface area (Å²) in [6.45, 7) is 7.45. The normalized spacial score (nSPS) is 18.8. The van der Waals surface area contributed by atoms with E-state index in [1.807, 2.05) is 37.8 Å². The number of carbonyl (C=O) groups excluding carboxylic acids is 1. The fourth-order valence-electron chi connectivity index (χ4n) is 2.58. The van der Waals surface area contributed by atoms with Crippen LogP contribution in [0.2, 0.25) is 0 Å². The molecule has 0 N–H and O–H groups in total. The molecule has 128 valence electrons. The second-order valence-electron chi connectivity index (χ2n) is 6.83. The second kappa shape index (κ2) is 8.11. The Bertz CT molecular complexity index is 531. The highest BCUT2D eigenvalue weighted by Gasteiger charge is 2.30. The van der Waals surface area contributed by atoms with Crippen LogP contribution in [0.5, 0.6) is 0 Å². The average molecular weight is 385 g/mol. The third-order valence-electron chi connectivity index (χ3n) is 3.63. The van der Waals surface area contributed by atoms with Crippen LogP contribution in [0.3, 0.4) is 0 Å². The molecule has 1 fully saturated rings. The van der Waals surface area contributed by atoms with Crippen molar-refractivity contribution in [3.8, 4) is 0 Å². The van der Waals surface area contributed by atoms with Crippen LogP contribution in [-0.4, -0.2) is 40.8 Å². The van der Waals surface area contributed by atoms with Gasteiger partial charge in [0.15, 0.2) is 0 Å². The molecule has 0 bridgehead atoms. The number of likely N-dealkylation sites (tertiary alicyclic amines) is 1. The Kier molecular flexibility index (Phi) is 6.41. The Morgan fingerprint density at radius 1 is 1.43 bits per heavy atom. The topological polar surface area (TPSA) is 51.7 Å². The highest BCUT2D eigenvalue weighted by Crippen LogP contribution is 2.21. The molecule has 1 aromatic rings. The molecule has 1 aromatic heterocycles. The zero-order valence-electron chi connectivity index (χ0n) is 14.0. The van der Waals surface area contributed by atoms with Crippen LogP contribution < -0.4 is 0 Å². The highest BCUT2D eigenvalue weighted by molar-refractivity contribution is 9.10. The first-order valence-corrected chi connectivity index (χ1v) is 8.82. The van der Waals surface area contributed by atoms with E-state index in [2.05, 4.69) is 20.9 Å². The van der Waals surface area contributed by atoms with Gasteiger partial charge in [0.1, 0.15) is 10.2 Å². The summed E-state index contributed by atoms with van der Waals surface area (Å²) in [4.78, 5) is 18.3. The number of rotatable bonds is 4. The molecular weight excluding hydrogens is 360 g/mol. The first-order valence-electron chi connectivity index (χ1n) is 8.03. The molecule has 2 heterocycles. The zero-order valence-corrected chi connectivity index (χ0v) is 15.6. The van der Waals surface area contributed by atoms with Crippen molar-refractivity contribution < 1.29 is 14.3 Å². The van der Waals surface area contributed by atoms with Gasteiger partial charge in [0.05, 0.1) is 19.3 Å². The lowest BCUT2D eigenvalue weighted by Gasteiger charge is -2.36. The quantitative estimate of drug-likeness (QED) is 0.731. The first-order chi connectivity index (χ1) is 10.8. The van der Waals surface area contributed by atoms with Gasteiger partial charge in [0, 0.05) is 12.7 Å². The molecule has 0 unspecified atom stereocenters. The maximum atomic E-state index is 12.3. The summed E-state index contributed by atoms with van der Waals surface area (Å²) in [7, 11) is 0. The fourth-order valence-corrected chi connectivity index (χ4v) is 2.99. The number of ether oxygens (including phenoxy) is 2. The Hall–Kier alpha value is -1.14. The van der Waals surface area contributed by atoms with Crippen LogP contribution in [0.1, 0.15) is 45.6 Å². The predicted molar refractivity (Wildman–Crippen MR) is 92.2 cm³/mol. The third-order valence-corrected chi connectivity index (χ3v) is 4.06. The maximum Gasteiger partial charge on any atom is 0.410 e. The van der Waals surface area contributed by atoms with E-state index in [0.717, 1.165) is 36.0 Å². The van der Waals surface area contributed by atoms with E-state index < -0.39 is 5.60 Å². The monoisotopic (exact) mass is 384 g/mol. The van der Waals surface area contributed by atoms with Gasteiger partial charge in [-0.3, -0.25) is 0 Å². The van der Waals surface area contributed by atoms with Gasteiger partial charge in [0.2, 0.25) is 0 Å². The lowest BCUT2D eigenvalue weighted by Crippen LogP contribution is -2.48. The molecular formula is C17H25BrN2O3. The van der Waals surface area contributed by atoms with E-state index in [4.69, 9.17) is 9.47 Å². The number of hydrogen-bond donors (Lipinski definition) is 0. The summed E-state index contributed by atoms with van der Waals surface area (Å²) >= 11 is 3.35. The van der Waals surface area contributed by atoms with Crippen molar-refractivity contribution in [2.45, 2.75) is 58.3 Å². The number of carbonyl (C=O) groups is 1. The Morgan fingerprint density at radius 3 is 2.91 bits per heavy atom. The molecule has 1 aliphatic rings. The molecule has 0 aromatic carbocycles. The van der Waals surface area contributed by atoms with Gasteiger partial charge in [-0.2, -0.15) is 0 Å². The third kappa shape index (κ3) is 6.11. The van der Waals surface area contributed by atoms with Crippen molar-refractivity contribution in [3.05, 3.63) is 28.5 Å². The summed E-state index contributed by atoms with van der Waals surface area (Å²) in [5, 5.41) is 0. The summed E-state index contributed by atoms with van der Waals surface area (Å²) in [6.07, 6.45) is 4.61. The SMILES string of the molecule is CC(C)(C)OC(=O)N1CCCC[C@H]1COCc1ccnc(Br)c1. The molecule has 23 heavy (non-hydrogen) atoms. The van der Waals surface area contributed by atoms with Gasteiger partial charge in [-0.25, -0.2) is 9.78 Å². The number of pyridine rings is 1. The van der Waals surface area contributed by atoms with Crippen molar-refractivity contribution >= 4 is 22.0 Å². The van der Waals surface area contributed by atoms with E-state index in [0.29, 0.717) is 13.2 Å². The molecule has 1 atom stereocenters. The standard InChI is InChI=1S/C17H25BrN2O3/c1-17(2,3)23-16(21)20-9-5-4-6-14(20)12-22-11-13-7-8-19-15(18)10-13/h7-8,10,14H,4-6,9,11-12H2,1-3H3/t14-/m0/s1. The van der Waals surface area contributed by atoms with Gasteiger partial charge < -0.3 is 14.4 Å². The Balaban J connectivity index is 1.87. The summed E-state index contributed by atoms with van der Waals surface area (Å²) in [5.41, 5.74) is 0.593. The van der Waals surface area contributed by atoms with Crippen LogP contribution in [0.15, 0.2) is 22.9 Å². The minimum absolute atomic E-state index is 0.0869. The van der Waals surface area contributed by atoms with E-state index in [1.165, 1.54) is 0 Å². The number of nitrogens with zero attached hydrogens (tertiary/aromatic N) is 2. The highest BCUT2D eigenvalue weighted by atomic mass is 79.9. The van der Waals surface area contributed by atoms with Crippen molar-refractivity contribution in [2.24, 2.45) is 0 Å². The van der Waals surface area contributed by atoms with Crippen LogP contribution in [0.4, 0.5) is 4.79 Å². The number of halogens is 1. The van der Waals surface area contributed by atoms with Crippen molar-refractivity contribution in [3.63, 3.8) is 0 Å². The van der Waals surface area contributed by atoms with E-state index in [9.17, 15) is 4.79 Å². The molecule has 5 nitrogen and oxygen atoms in total. The summed E-state index contributed by atoms with van der Waals surface area (Å²) in [6, 6.07) is 3.95. The molecule has 1 aliphatic heterocycles. The van der Waals surface area contributed by atoms with Gasteiger partial charge in [-0.05, 0) is 73.7 Å². The van der Waals surface area contributed by atoms with Crippen LogP contribution in [-0.2, 0) is 16.1 Å². The summed E-state index contributed by atoms with van der Waals surface area (Å²) < 4.78 is 12.1. The maximum absolute atomic E-state index is 12.3. The van der Waals surface area contributed by atoms with Crippen molar-refractivity contribution in [2.75, 3.05) is 13.2 Å². The second-order valence-corrected chi connectivity index (χ2v) is 7.64. The van der Waals surface area contributed by atoms with Crippen molar-refractivity contribution in [1.29, 1.82) is 0 Å². The zero-order chi connectivity index (χ0) is 16.9. The number of piperidine rings is 1. The molecule has 0 aliphatic carbocycles. The fraction of sp³-hybridized carbons (Fsp3) is 0.647. The van der Waals surface area contributed by atoms with Gasteiger partial charge in [-0.1, -0.05) is 0 Å². The minimum Gasteiger partial charge on any atom is -0.444 e. The molecule has 0 spiro atoms. The Labute approximate surface area is 146 Å². The lowest BCUT2D eigenvalue weighted by atomic mass is 10.0. The molecule has 0 radical (unpaired) electrons. The van der Waals surface area contributed by atoms with E-state index in [1.54, 1.807) is 6.20 Å². The summed E-state index contributed by atoms with van der Waals surface area (Å²) in [5.74, 6) is 0. The number of amides is 1. The predicted octanol–water partition coefficient (Wildman–Crippen LogP) is 4.15. The minimum atomic E-state index is -0.469. The van der Waals surface area contributed by atoms with Gasteiger partial charge in [-0.15, -0.1) is 0 Å². The van der Waals surface area contributed by atoms with Gasteiger partial charge in [0.25, 0.3) is 0 Å². The lowest BCUT2D eigenvalue weighted by molar-refractivity contribution is -0.00997. The average Bonchev–Trinajstić information content (AvgIpc) is 2.46. The largest absolute Gasteiger partial charge is 0.444 e. The molecule has 6 heteroatoms. The van der Waals surface area contributed by atoms with Crippen LogP contribution in [0, 0.1) is 0 Å². The van der Waals surface area contributed by atoms with Crippen LogP contribution >= 0.6 is 15.9 Å². The molecule has 1 amide bonds. The first kappa shape index (κ1) is 18.2. The molecule has 0 saturated carbocycles. The number of aromatic nitrogens is 1. The number of hydrogen-bond acceptors (Lipinski definition) is 4. The van der Waals surface area contributed by atoms with Crippen molar-refractivity contribution in [1.82, 2.24) is 9.88 Å². The molecule has 1 saturated heterocycles. The van der Waals surface area contributed by atoms with Crippen LogP contribution in [0.25, 0.3) is 0 Å². The van der Waals surface area contributed by atoms with E-state index in [-0.39, 0.29) is 12.1 Å². The smallest absolute Gasteiger partial charge is 0.410 e. The Morgan fingerprint density at radius 2 is 2.22 bits per heavy atom. The molecule has 2 rings (SSSR count).